The highest BCUT2D eigenvalue weighted by molar-refractivity contribution is 5.09. The minimum absolute atomic E-state index is 0.0928. The quantitative estimate of drug-likeness (QED) is 0.736. The summed E-state index contributed by atoms with van der Waals surface area (Å²) in [5.74, 6) is 1.32. The number of hydrogen-bond acceptors (Lipinski definition) is 3. The van der Waals surface area contributed by atoms with Gasteiger partial charge in [0.1, 0.15) is 0 Å². The highest BCUT2D eigenvalue weighted by Crippen LogP contribution is 2.58. The normalized spacial score (nSPS) is 52.4. The fourth-order valence-electron chi connectivity index (χ4n) is 4.56. The van der Waals surface area contributed by atoms with Crippen molar-refractivity contribution in [3.05, 3.63) is 0 Å². The van der Waals surface area contributed by atoms with E-state index in [0.29, 0.717) is 18.4 Å². The predicted molar refractivity (Wildman–Crippen MR) is 55.4 cm³/mol. The van der Waals surface area contributed by atoms with E-state index in [-0.39, 0.29) is 12.2 Å². The van der Waals surface area contributed by atoms with Gasteiger partial charge in [0.2, 0.25) is 0 Å². The van der Waals surface area contributed by atoms with Crippen molar-refractivity contribution >= 4 is 0 Å². The fraction of sp³-hybridized carbons (Fsp3) is 1.00. The number of aliphatic hydroxyl groups is 2. The van der Waals surface area contributed by atoms with Gasteiger partial charge in [0.25, 0.3) is 0 Å². The molecule has 0 aromatic rings. The standard InChI is InChI=1S/C12H20O3/c13-1-2-15-12-6-9-3-10(7-12)5-11(14,4-9)8-12/h9-10,13-14H,1-8H2. The van der Waals surface area contributed by atoms with Crippen LogP contribution in [0, 0.1) is 11.8 Å². The Balaban J connectivity index is 1.80. The Labute approximate surface area is 90.4 Å². The Morgan fingerprint density at radius 3 is 2.33 bits per heavy atom. The summed E-state index contributed by atoms with van der Waals surface area (Å²) < 4.78 is 5.85. The molecule has 4 saturated carbocycles. The zero-order chi connectivity index (χ0) is 10.5. The van der Waals surface area contributed by atoms with Crippen LogP contribution in [0.15, 0.2) is 0 Å². The van der Waals surface area contributed by atoms with Crippen LogP contribution in [0.3, 0.4) is 0 Å². The topological polar surface area (TPSA) is 49.7 Å². The average Bonchev–Trinajstić information content (AvgIpc) is 2.10. The molecule has 0 heterocycles. The zero-order valence-electron chi connectivity index (χ0n) is 9.11. The first-order chi connectivity index (χ1) is 7.13. The molecular weight excluding hydrogens is 192 g/mol. The Morgan fingerprint density at radius 1 is 1.13 bits per heavy atom. The van der Waals surface area contributed by atoms with Gasteiger partial charge in [-0.15, -0.1) is 0 Å². The molecule has 86 valence electrons. The number of aliphatic hydroxyl groups excluding tert-OH is 1. The molecule has 2 N–H and O–H groups in total. The van der Waals surface area contributed by atoms with Crippen LogP contribution in [0.1, 0.15) is 38.5 Å². The van der Waals surface area contributed by atoms with Crippen LogP contribution >= 0.6 is 0 Å². The average molecular weight is 212 g/mol. The van der Waals surface area contributed by atoms with Crippen LogP contribution < -0.4 is 0 Å². The van der Waals surface area contributed by atoms with Crippen LogP contribution in [0.4, 0.5) is 0 Å². The first-order valence-electron chi connectivity index (χ1n) is 6.10. The lowest BCUT2D eigenvalue weighted by Gasteiger charge is -2.59. The molecule has 0 spiro atoms. The van der Waals surface area contributed by atoms with Crippen molar-refractivity contribution in [2.45, 2.75) is 49.7 Å². The van der Waals surface area contributed by atoms with Crippen molar-refractivity contribution in [3.63, 3.8) is 0 Å². The first-order valence-corrected chi connectivity index (χ1v) is 6.10. The molecule has 3 heteroatoms. The molecule has 4 bridgehead atoms. The van der Waals surface area contributed by atoms with E-state index < -0.39 is 5.60 Å². The van der Waals surface area contributed by atoms with Gasteiger partial charge in [-0.3, -0.25) is 0 Å². The third-order valence-electron chi connectivity index (χ3n) is 4.48. The lowest BCUT2D eigenvalue weighted by atomic mass is 9.52. The lowest BCUT2D eigenvalue weighted by molar-refractivity contribution is -0.221. The molecule has 4 rings (SSSR count). The van der Waals surface area contributed by atoms with E-state index in [4.69, 9.17) is 9.84 Å². The molecule has 0 aliphatic heterocycles. The molecule has 2 atom stereocenters. The molecule has 2 unspecified atom stereocenters. The summed E-state index contributed by atoms with van der Waals surface area (Å²) in [6, 6.07) is 0. The SMILES string of the molecule is OCCOC12CC3CC(CC(O)(C3)C1)C2. The van der Waals surface area contributed by atoms with E-state index in [2.05, 4.69) is 0 Å². The van der Waals surface area contributed by atoms with E-state index in [1.807, 2.05) is 0 Å². The van der Waals surface area contributed by atoms with Gasteiger partial charge in [-0.2, -0.15) is 0 Å². The van der Waals surface area contributed by atoms with E-state index in [1.54, 1.807) is 0 Å². The van der Waals surface area contributed by atoms with Crippen molar-refractivity contribution in [2.24, 2.45) is 11.8 Å². The largest absolute Gasteiger partial charge is 0.394 e. The maximum Gasteiger partial charge on any atom is 0.0716 e. The van der Waals surface area contributed by atoms with Crippen LogP contribution in [-0.2, 0) is 4.74 Å². The number of hydrogen-bond donors (Lipinski definition) is 2. The third kappa shape index (κ3) is 1.61. The van der Waals surface area contributed by atoms with Gasteiger partial charge in [-0.1, -0.05) is 0 Å². The highest BCUT2D eigenvalue weighted by Gasteiger charge is 2.57. The second kappa shape index (κ2) is 3.19. The van der Waals surface area contributed by atoms with Crippen LogP contribution in [-0.4, -0.2) is 34.6 Å². The molecule has 3 nitrogen and oxygen atoms in total. The van der Waals surface area contributed by atoms with Gasteiger partial charge in [0, 0.05) is 6.42 Å². The van der Waals surface area contributed by atoms with Gasteiger partial charge in [-0.25, -0.2) is 0 Å². The maximum atomic E-state index is 10.4. The molecule has 15 heavy (non-hydrogen) atoms. The molecule has 0 saturated heterocycles. The first kappa shape index (κ1) is 10.1. The van der Waals surface area contributed by atoms with Crippen molar-refractivity contribution < 1.29 is 14.9 Å². The molecular formula is C12H20O3. The summed E-state index contributed by atoms with van der Waals surface area (Å²) in [4.78, 5) is 0. The zero-order valence-corrected chi connectivity index (χ0v) is 9.11. The molecule has 0 aromatic carbocycles. The lowest BCUT2D eigenvalue weighted by Crippen LogP contribution is -2.60. The van der Waals surface area contributed by atoms with Gasteiger partial charge in [0.15, 0.2) is 0 Å². The Morgan fingerprint density at radius 2 is 1.80 bits per heavy atom. The number of ether oxygens (including phenoxy) is 1. The highest BCUT2D eigenvalue weighted by atomic mass is 16.5. The summed E-state index contributed by atoms with van der Waals surface area (Å²) in [5.41, 5.74) is -0.541. The molecule has 4 aliphatic carbocycles. The summed E-state index contributed by atoms with van der Waals surface area (Å²) in [6.45, 7) is 0.519. The summed E-state index contributed by atoms with van der Waals surface area (Å²) in [6.07, 6.45) is 6.25. The summed E-state index contributed by atoms with van der Waals surface area (Å²) in [7, 11) is 0. The van der Waals surface area contributed by atoms with Crippen LogP contribution in [0.2, 0.25) is 0 Å². The van der Waals surface area contributed by atoms with Crippen molar-refractivity contribution in [1.29, 1.82) is 0 Å². The maximum absolute atomic E-state index is 10.4. The summed E-state index contributed by atoms with van der Waals surface area (Å²) >= 11 is 0. The third-order valence-corrected chi connectivity index (χ3v) is 4.48. The van der Waals surface area contributed by atoms with Crippen molar-refractivity contribution in [2.75, 3.05) is 13.2 Å². The van der Waals surface area contributed by atoms with Crippen LogP contribution in [0.25, 0.3) is 0 Å². The van der Waals surface area contributed by atoms with Gasteiger partial charge < -0.3 is 14.9 Å². The molecule has 0 aromatic heterocycles. The monoisotopic (exact) mass is 212 g/mol. The Hall–Kier alpha value is -0.120. The molecule has 0 radical (unpaired) electrons. The second-order valence-corrected chi connectivity index (χ2v) is 5.94. The van der Waals surface area contributed by atoms with E-state index in [1.165, 1.54) is 6.42 Å². The minimum Gasteiger partial charge on any atom is -0.394 e. The minimum atomic E-state index is -0.445. The van der Waals surface area contributed by atoms with Gasteiger partial charge >= 0.3 is 0 Å². The molecule has 0 amide bonds. The fourth-order valence-corrected chi connectivity index (χ4v) is 4.56. The van der Waals surface area contributed by atoms with Crippen LogP contribution in [0.5, 0.6) is 0 Å². The predicted octanol–water partition coefficient (Wildman–Crippen LogP) is 1.08. The van der Waals surface area contributed by atoms with Crippen molar-refractivity contribution in [1.82, 2.24) is 0 Å². The van der Waals surface area contributed by atoms with E-state index in [9.17, 15) is 5.11 Å². The smallest absolute Gasteiger partial charge is 0.0716 e. The molecule has 4 fully saturated rings. The van der Waals surface area contributed by atoms with Gasteiger partial charge in [0.05, 0.1) is 24.4 Å². The second-order valence-electron chi connectivity index (χ2n) is 5.94. The van der Waals surface area contributed by atoms with E-state index >= 15 is 0 Å². The Bertz CT molecular complexity index is 250. The van der Waals surface area contributed by atoms with Crippen molar-refractivity contribution in [3.8, 4) is 0 Å². The summed E-state index contributed by atoms with van der Waals surface area (Å²) in [5, 5.41) is 19.3. The number of rotatable bonds is 3. The molecule has 4 aliphatic rings. The van der Waals surface area contributed by atoms with E-state index in [0.717, 1.165) is 32.1 Å². The Kier molecular flexibility index (Phi) is 2.14. The van der Waals surface area contributed by atoms with Gasteiger partial charge in [-0.05, 0) is 43.9 Å².